The van der Waals surface area contributed by atoms with Crippen LogP contribution in [-0.2, 0) is 14.4 Å². The average molecular weight is 305 g/mol. The molecular formula is C16H23N3O3. The minimum Gasteiger partial charge on any atom is -0.344 e. The largest absolute Gasteiger partial charge is 0.344 e. The van der Waals surface area contributed by atoms with E-state index in [-0.39, 0.29) is 17.7 Å². The van der Waals surface area contributed by atoms with E-state index in [0.29, 0.717) is 11.4 Å². The molecule has 0 saturated carbocycles. The van der Waals surface area contributed by atoms with Gasteiger partial charge in [-0.15, -0.1) is 0 Å². The van der Waals surface area contributed by atoms with Crippen LogP contribution in [0.15, 0.2) is 24.3 Å². The van der Waals surface area contributed by atoms with Crippen molar-refractivity contribution in [3.8, 4) is 0 Å². The third kappa shape index (κ3) is 5.55. The fraction of sp³-hybridized carbons (Fsp3) is 0.438. The van der Waals surface area contributed by atoms with Crippen LogP contribution >= 0.6 is 0 Å². The van der Waals surface area contributed by atoms with Crippen LogP contribution in [-0.4, -0.2) is 23.8 Å². The Morgan fingerprint density at radius 2 is 1.59 bits per heavy atom. The maximum atomic E-state index is 12.1. The molecule has 0 aliphatic rings. The van der Waals surface area contributed by atoms with Crippen molar-refractivity contribution in [3.05, 3.63) is 24.3 Å². The minimum atomic E-state index is -0.656. The molecule has 120 valence electrons. The van der Waals surface area contributed by atoms with Crippen LogP contribution in [0.4, 0.5) is 11.4 Å². The smallest absolute Gasteiger partial charge is 0.246 e. The summed E-state index contributed by atoms with van der Waals surface area (Å²) >= 11 is 0. The second-order valence-corrected chi connectivity index (χ2v) is 6.20. The van der Waals surface area contributed by atoms with Crippen LogP contribution in [0.1, 0.15) is 34.6 Å². The summed E-state index contributed by atoms with van der Waals surface area (Å²) in [7, 11) is 0. The molecule has 1 unspecified atom stereocenters. The van der Waals surface area contributed by atoms with Gasteiger partial charge in [-0.1, -0.05) is 26.8 Å². The molecule has 0 aliphatic carbocycles. The lowest BCUT2D eigenvalue weighted by molar-refractivity contribution is -0.131. The van der Waals surface area contributed by atoms with E-state index in [2.05, 4.69) is 16.0 Å². The van der Waals surface area contributed by atoms with Gasteiger partial charge < -0.3 is 16.0 Å². The van der Waals surface area contributed by atoms with Crippen molar-refractivity contribution in [1.29, 1.82) is 0 Å². The Hall–Kier alpha value is -2.37. The molecular weight excluding hydrogens is 282 g/mol. The van der Waals surface area contributed by atoms with Gasteiger partial charge in [-0.05, 0) is 25.1 Å². The summed E-state index contributed by atoms with van der Waals surface area (Å²) < 4.78 is 0. The van der Waals surface area contributed by atoms with Crippen LogP contribution in [0.2, 0.25) is 0 Å². The highest BCUT2D eigenvalue weighted by molar-refractivity contribution is 5.98. The molecule has 0 saturated heterocycles. The number of rotatable bonds is 4. The zero-order valence-electron chi connectivity index (χ0n) is 13.6. The summed E-state index contributed by atoms with van der Waals surface area (Å²) in [6.45, 7) is 8.38. The molecule has 0 spiro atoms. The van der Waals surface area contributed by atoms with Crippen LogP contribution < -0.4 is 16.0 Å². The topological polar surface area (TPSA) is 87.3 Å². The summed E-state index contributed by atoms with van der Waals surface area (Å²) in [5, 5.41) is 8.01. The monoisotopic (exact) mass is 305 g/mol. The summed E-state index contributed by atoms with van der Waals surface area (Å²) in [5.74, 6) is -0.700. The molecule has 3 amide bonds. The minimum absolute atomic E-state index is 0.186. The second kappa shape index (κ2) is 7.06. The molecule has 1 aromatic rings. The lowest BCUT2D eigenvalue weighted by Crippen LogP contribution is -2.46. The summed E-state index contributed by atoms with van der Waals surface area (Å²) in [4.78, 5) is 35.0. The number of hydrogen-bond acceptors (Lipinski definition) is 3. The Balaban J connectivity index is 2.68. The van der Waals surface area contributed by atoms with Gasteiger partial charge in [0.2, 0.25) is 17.7 Å². The Kier molecular flexibility index (Phi) is 5.68. The van der Waals surface area contributed by atoms with Crippen LogP contribution in [0.25, 0.3) is 0 Å². The molecule has 0 bridgehead atoms. The third-order valence-corrected chi connectivity index (χ3v) is 2.87. The highest BCUT2D eigenvalue weighted by atomic mass is 16.2. The van der Waals surface area contributed by atoms with Gasteiger partial charge in [-0.3, -0.25) is 14.4 Å². The van der Waals surface area contributed by atoms with Crippen molar-refractivity contribution >= 4 is 29.1 Å². The SMILES string of the molecule is CC(=O)Nc1cccc(NC(=O)C(C)NC(=O)C(C)(C)C)c1. The van der Waals surface area contributed by atoms with Gasteiger partial charge in [-0.2, -0.15) is 0 Å². The number of carbonyl (C=O) groups excluding carboxylic acids is 3. The average Bonchev–Trinajstić information content (AvgIpc) is 2.36. The van der Waals surface area contributed by atoms with E-state index in [1.807, 2.05) is 0 Å². The maximum absolute atomic E-state index is 12.1. The highest BCUT2D eigenvalue weighted by Gasteiger charge is 2.25. The van der Waals surface area contributed by atoms with E-state index >= 15 is 0 Å². The Morgan fingerprint density at radius 1 is 1.05 bits per heavy atom. The Morgan fingerprint density at radius 3 is 2.09 bits per heavy atom. The quantitative estimate of drug-likeness (QED) is 0.796. The fourth-order valence-electron chi connectivity index (χ4n) is 1.61. The van der Waals surface area contributed by atoms with E-state index in [9.17, 15) is 14.4 Å². The van der Waals surface area contributed by atoms with Crippen molar-refractivity contribution in [2.75, 3.05) is 10.6 Å². The van der Waals surface area contributed by atoms with Crippen molar-refractivity contribution < 1.29 is 14.4 Å². The van der Waals surface area contributed by atoms with E-state index in [0.717, 1.165) is 0 Å². The first-order valence-corrected chi connectivity index (χ1v) is 7.09. The van der Waals surface area contributed by atoms with Crippen LogP contribution in [0.5, 0.6) is 0 Å². The first-order chi connectivity index (χ1) is 10.1. The number of carbonyl (C=O) groups is 3. The highest BCUT2D eigenvalue weighted by Crippen LogP contribution is 2.16. The van der Waals surface area contributed by atoms with Gasteiger partial charge >= 0.3 is 0 Å². The van der Waals surface area contributed by atoms with Crippen molar-refractivity contribution in [3.63, 3.8) is 0 Å². The maximum Gasteiger partial charge on any atom is 0.246 e. The van der Waals surface area contributed by atoms with Gasteiger partial charge in [0.15, 0.2) is 0 Å². The molecule has 0 heterocycles. The van der Waals surface area contributed by atoms with Crippen molar-refractivity contribution in [2.24, 2.45) is 5.41 Å². The fourth-order valence-corrected chi connectivity index (χ4v) is 1.61. The summed E-state index contributed by atoms with van der Waals surface area (Å²) in [6.07, 6.45) is 0. The van der Waals surface area contributed by atoms with E-state index in [4.69, 9.17) is 0 Å². The van der Waals surface area contributed by atoms with E-state index in [1.165, 1.54) is 6.92 Å². The molecule has 6 heteroatoms. The van der Waals surface area contributed by atoms with Gasteiger partial charge in [0.05, 0.1) is 0 Å². The third-order valence-electron chi connectivity index (χ3n) is 2.87. The Labute approximate surface area is 130 Å². The number of benzene rings is 1. The molecule has 0 fully saturated rings. The summed E-state index contributed by atoms with van der Waals surface area (Å²) in [6, 6.07) is 6.15. The van der Waals surface area contributed by atoms with E-state index < -0.39 is 11.5 Å². The van der Waals surface area contributed by atoms with Crippen LogP contribution in [0, 0.1) is 5.41 Å². The molecule has 1 rings (SSSR count). The standard InChI is InChI=1S/C16H23N3O3/c1-10(17-15(22)16(3,4)5)14(21)19-13-8-6-7-12(9-13)18-11(2)20/h6-10H,1-5H3,(H,17,22)(H,18,20)(H,19,21). The predicted octanol–water partition coefficient (Wildman–Crippen LogP) is 2.13. The first kappa shape index (κ1) is 17.7. The molecule has 1 aromatic carbocycles. The molecule has 6 nitrogen and oxygen atoms in total. The number of hydrogen-bond donors (Lipinski definition) is 3. The molecule has 3 N–H and O–H groups in total. The lowest BCUT2D eigenvalue weighted by atomic mass is 9.95. The zero-order valence-corrected chi connectivity index (χ0v) is 13.6. The molecule has 1 atom stereocenters. The molecule has 0 radical (unpaired) electrons. The van der Waals surface area contributed by atoms with Gasteiger partial charge in [0.25, 0.3) is 0 Å². The van der Waals surface area contributed by atoms with E-state index in [1.54, 1.807) is 52.0 Å². The summed E-state index contributed by atoms with van der Waals surface area (Å²) in [5.41, 5.74) is 0.588. The Bertz CT molecular complexity index is 576. The van der Waals surface area contributed by atoms with Gasteiger partial charge in [0, 0.05) is 23.7 Å². The number of anilines is 2. The molecule has 0 aromatic heterocycles. The first-order valence-electron chi connectivity index (χ1n) is 7.09. The lowest BCUT2D eigenvalue weighted by Gasteiger charge is -2.21. The molecule has 0 aliphatic heterocycles. The predicted molar refractivity (Wildman–Crippen MR) is 86.4 cm³/mol. The van der Waals surface area contributed by atoms with Gasteiger partial charge in [-0.25, -0.2) is 0 Å². The molecule has 22 heavy (non-hydrogen) atoms. The van der Waals surface area contributed by atoms with Crippen molar-refractivity contribution in [1.82, 2.24) is 5.32 Å². The normalized spacial score (nSPS) is 12.2. The van der Waals surface area contributed by atoms with Gasteiger partial charge in [0.1, 0.15) is 6.04 Å². The van der Waals surface area contributed by atoms with Crippen molar-refractivity contribution in [2.45, 2.75) is 40.7 Å². The number of nitrogens with one attached hydrogen (secondary N) is 3. The zero-order chi connectivity index (χ0) is 16.9. The number of amides is 3. The second-order valence-electron chi connectivity index (χ2n) is 6.20. The van der Waals surface area contributed by atoms with Crippen LogP contribution in [0.3, 0.4) is 0 Å².